The van der Waals surface area contributed by atoms with Gasteiger partial charge in [-0.1, -0.05) is 18.2 Å². The van der Waals surface area contributed by atoms with Crippen molar-refractivity contribution in [1.82, 2.24) is 4.57 Å². The Bertz CT molecular complexity index is 786. The highest BCUT2D eigenvalue weighted by atomic mass is 32.2. The first kappa shape index (κ1) is 13.2. The lowest BCUT2D eigenvalue weighted by Gasteiger charge is -2.14. The van der Waals surface area contributed by atoms with Gasteiger partial charge < -0.3 is 9.30 Å². The molecule has 1 aliphatic rings. The summed E-state index contributed by atoms with van der Waals surface area (Å²) in [7, 11) is 0.366. The summed E-state index contributed by atoms with van der Waals surface area (Å²) in [6.07, 6.45) is 0. The summed E-state index contributed by atoms with van der Waals surface area (Å²) in [4.78, 5) is 1.50. The first-order valence-corrected chi connectivity index (χ1v) is 9.21. The van der Waals surface area contributed by atoms with E-state index in [1.54, 1.807) is 0 Å². The molecule has 1 fully saturated rings. The highest BCUT2D eigenvalue weighted by Gasteiger charge is 2.26. The number of nitrogens with zero attached hydrogens (tertiary/aromatic N) is 1. The van der Waals surface area contributed by atoms with Gasteiger partial charge in [-0.05, 0) is 25.1 Å². The zero-order valence-electron chi connectivity index (χ0n) is 12.3. The molecular weight excluding hydrogens is 278 g/mol. The van der Waals surface area contributed by atoms with Crippen LogP contribution in [0.3, 0.4) is 0 Å². The molecule has 21 heavy (non-hydrogen) atoms. The van der Waals surface area contributed by atoms with Crippen LogP contribution < -0.4 is 0 Å². The predicted octanol–water partition coefficient (Wildman–Crippen LogP) is 3.82. The van der Waals surface area contributed by atoms with E-state index in [1.807, 2.05) is 0 Å². The van der Waals surface area contributed by atoms with E-state index < -0.39 is 0 Å². The zero-order valence-corrected chi connectivity index (χ0v) is 13.2. The first-order chi connectivity index (χ1) is 10.4. The van der Waals surface area contributed by atoms with Gasteiger partial charge in [0.15, 0.2) is 4.90 Å². The molecule has 0 aliphatic carbocycles. The van der Waals surface area contributed by atoms with Gasteiger partial charge in [-0.25, -0.2) is 0 Å². The van der Waals surface area contributed by atoms with Gasteiger partial charge in [0.25, 0.3) is 0 Å². The van der Waals surface area contributed by atoms with Crippen LogP contribution in [0.25, 0.3) is 21.8 Å². The number of ether oxygens (including phenoxy) is 1. The second-order valence-corrected chi connectivity index (χ2v) is 7.73. The molecule has 0 N–H and O–H groups in total. The minimum absolute atomic E-state index is 0.366. The smallest absolute Gasteiger partial charge is 0.155 e. The van der Waals surface area contributed by atoms with Crippen LogP contribution in [-0.4, -0.2) is 29.3 Å². The Labute approximate surface area is 128 Å². The molecule has 0 bridgehead atoms. The van der Waals surface area contributed by atoms with Crippen molar-refractivity contribution < 1.29 is 4.74 Å². The largest absolute Gasteiger partial charge is 0.372 e. The summed E-state index contributed by atoms with van der Waals surface area (Å²) in [5.41, 5.74) is 2.71. The summed E-state index contributed by atoms with van der Waals surface area (Å²) in [6, 6.07) is 15.8. The molecule has 1 aliphatic heterocycles. The molecule has 1 aromatic heterocycles. The van der Waals surface area contributed by atoms with Crippen LogP contribution >= 0.6 is 0 Å². The van der Waals surface area contributed by atoms with E-state index in [-0.39, 0.29) is 0 Å². The Morgan fingerprint density at radius 2 is 1.76 bits per heavy atom. The van der Waals surface area contributed by atoms with Crippen molar-refractivity contribution in [2.75, 3.05) is 24.7 Å². The molecule has 0 radical (unpaired) electrons. The minimum Gasteiger partial charge on any atom is -0.372 e. The number of rotatable bonds is 2. The van der Waals surface area contributed by atoms with Gasteiger partial charge >= 0.3 is 0 Å². The fourth-order valence-corrected chi connectivity index (χ4v) is 5.17. The van der Waals surface area contributed by atoms with E-state index in [9.17, 15) is 0 Å². The molecule has 0 saturated carbocycles. The standard InChI is InChI=1S/C18H20NOS/c1-2-19-17-6-4-3-5-15(17)16-13-14(7-8-18(16)19)21-11-9-20-10-12-21/h3-8,13H,2,9-12H2,1H3/q+1. The zero-order chi connectivity index (χ0) is 14.2. The molecule has 2 nitrogen and oxygen atoms in total. The van der Waals surface area contributed by atoms with E-state index in [4.69, 9.17) is 4.74 Å². The summed E-state index contributed by atoms with van der Waals surface area (Å²) in [5, 5.41) is 2.79. The van der Waals surface area contributed by atoms with E-state index in [2.05, 4.69) is 54.0 Å². The van der Waals surface area contributed by atoms with Crippen LogP contribution in [0.15, 0.2) is 47.4 Å². The third-order valence-electron chi connectivity index (χ3n) is 4.34. The van der Waals surface area contributed by atoms with Crippen molar-refractivity contribution in [3.05, 3.63) is 42.5 Å². The average molecular weight is 298 g/mol. The monoisotopic (exact) mass is 298 g/mol. The van der Waals surface area contributed by atoms with Crippen LogP contribution in [0.4, 0.5) is 0 Å². The van der Waals surface area contributed by atoms with Gasteiger partial charge in [-0.2, -0.15) is 0 Å². The molecule has 3 heteroatoms. The highest BCUT2D eigenvalue weighted by molar-refractivity contribution is 7.97. The van der Waals surface area contributed by atoms with Crippen molar-refractivity contribution >= 4 is 32.7 Å². The number of fused-ring (bicyclic) bond motifs is 3. The van der Waals surface area contributed by atoms with Crippen LogP contribution in [0.2, 0.25) is 0 Å². The maximum atomic E-state index is 5.50. The SMILES string of the molecule is CCn1c2ccccc2c2cc([S+]3CCOCC3)ccc21. The van der Waals surface area contributed by atoms with Gasteiger partial charge in [0, 0.05) is 45.3 Å². The van der Waals surface area contributed by atoms with E-state index in [0.717, 1.165) is 19.8 Å². The number of benzene rings is 2. The Morgan fingerprint density at radius 3 is 2.57 bits per heavy atom. The fraction of sp³-hybridized carbons (Fsp3) is 0.333. The van der Waals surface area contributed by atoms with Crippen molar-refractivity contribution in [2.45, 2.75) is 18.4 Å². The summed E-state index contributed by atoms with van der Waals surface area (Å²) in [6.45, 7) is 5.07. The van der Waals surface area contributed by atoms with Crippen molar-refractivity contribution in [3.63, 3.8) is 0 Å². The predicted molar refractivity (Wildman–Crippen MR) is 91.3 cm³/mol. The number of hydrogen-bond donors (Lipinski definition) is 0. The number of aryl methyl sites for hydroxylation is 1. The number of aromatic nitrogens is 1. The maximum absolute atomic E-state index is 5.50. The molecule has 0 amide bonds. The van der Waals surface area contributed by atoms with Crippen molar-refractivity contribution in [2.24, 2.45) is 0 Å². The molecule has 2 aromatic carbocycles. The van der Waals surface area contributed by atoms with E-state index >= 15 is 0 Å². The molecule has 1 saturated heterocycles. The minimum atomic E-state index is 0.366. The van der Waals surface area contributed by atoms with Gasteiger partial charge in [-0.3, -0.25) is 0 Å². The second kappa shape index (κ2) is 5.39. The quantitative estimate of drug-likeness (QED) is 0.656. The van der Waals surface area contributed by atoms with Crippen LogP contribution in [-0.2, 0) is 22.2 Å². The number of para-hydroxylation sites is 1. The lowest BCUT2D eigenvalue weighted by atomic mass is 10.1. The lowest BCUT2D eigenvalue weighted by Crippen LogP contribution is -2.26. The Balaban J connectivity index is 1.92. The Morgan fingerprint density at radius 1 is 1.00 bits per heavy atom. The Kier molecular flexibility index (Phi) is 3.40. The third-order valence-corrected chi connectivity index (χ3v) is 6.58. The van der Waals surface area contributed by atoms with Crippen LogP contribution in [0.1, 0.15) is 6.92 Å². The average Bonchev–Trinajstić information content (AvgIpc) is 2.88. The van der Waals surface area contributed by atoms with E-state index in [0.29, 0.717) is 10.9 Å². The summed E-state index contributed by atoms with van der Waals surface area (Å²) >= 11 is 0. The molecule has 108 valence electrons. The molecule has 2 heterocycles. The molecule has 0 atom stereocenters. The topological polar surface area (TPSA) is 14.2 Å². The summed E-state index contributed by atoms with van der Waals surface area (Å²) < 4.78 is 7.92. The van der Waals surface area contributed by atoms with Crippen molar-refractivity contribution in [1.29, 1.82) is 0 Å². The normalized spacial score (nSPS) is 16.8. The van der Waals surface area contributed by atoms with E-state index in [1.165, 1.54) is 38.2 Å². The highest BCUT2D eigenvalue weighted by Crippen LogP contribution is 2.31. The second-order valence-electron chi connectivity index (χ2n) is 5.45. The summed E-state index contributed by atoms with van der Waals surface area (Å²) in [5.74, 6) is 2.36. The third kappa shape index (κ3) is 2.16. The fourth-order valence-electron chi connectivity index (χ4n) is 3.31. The van der Waals surface area contributed by atoms with Crippen LogP contribution in [0, 0.1) is 0 Å². The first-order valence-electron chi connectivity index (χ1n) is 7.64. The van der Waals surface area contributed by atoms with Crippen molar-refractivity contribution in [3.8, 4) is 0 Å². The lowest BCUT2D eigenvalue weighted by molar-refractivity contribution is 0.159. The maximum Gasteiger partial charge on any atom is 0.155 e. The van der Waals surface area contributed by atoms with Gasteiger partial charge in [0.2, 0.25) is 0 Å². The number of hydrogen-bond acceptors (Lipinski definition) is 1. The van der Waals surface area contributed by atoms with Gasteiger partial charge in [0.1, 0.15) is 11.5 Å². The van der Waals surface area contributed by atoms with Gasteiger partial charge in [0.05, 0.1) is 13.2 Å². The van der Waals surface area contributed by atoms with Crippen LogP contribution in [0.5, 0.6) is 0 Å². The molecular formula is C18H20NOS+. The molecule has 0 unspecified atom stereocenters. The molecule has 0 spiro atoms. The Hall–Kier alpha value is -1.45. The van der Waals surface area contributed by atoms with Gasteiger partial charge in [-0.15, -0.1) is 0 Å². The molecule has 4 rings (SSSR count). The molecule has 3 aromatic rings.